The third-order valence-corrected chi connectivity index (χ3v) is 2.05. The van der Waals surface area contributed by atoms with E-state index in [0.29, 0.717) is 5.82 Å². The summed E-state index contributed by atoms with van der Waals surface area (Å²) in [5.41, 5.74) is -0.172. The molecule has 1 N–H and O–H groups in total. The SMILES string of the molecule is O=C(OCCCNc1ccc([N+](=O)[O-])cn1)C(F)(F)F. The average Bonchev–Trinajstić information content (AvgIpc) is 2.37. The van der Waals surface area contributed by atoms with Crippen LogP contribution in [0.3, 0.4) is 0 Å². The molecule has 0 aliphatic rings. The molecule has 0 bridgehead atoms. The number of ether oxygens (including phenoxy) is 1. The van der Waals surface area contributed by atoms with Gasteiger partial charge in [-0.2, -0.15) is 13.2 Å². The second-order valence-electron chi connectivity index (χ2n) is 3.57. The van der Waals surface area contributed by atoms with Crippen LogP contribution in [0.4, 0.5) is 24.7 Å². The van der Waals surface area contributed by atoms with Crippen molar-refractivity contribution in [3.63, 3.8) is 0 Å². The molecule has 0 saturated carbocycles. The maximum Gasteiger partial charge on any atom is 0.490 e. The summed E-state index contributed by atoms with van der Waals surface area (Å²) in [6, 6.07) is 2.60. The molecule has 1 aromatic heterocycles. The van der Waals surface area contributed by atoms with E-state index >= 15 is 0 Å². The summed E-state index contributed by atoms with van der Waals surface area (Å²) in [5.74, 6) is -1.90. The lowest BCUT2D eigenvalue weighted by molar-refractivity contribution is -0.385. The van der Waals surface area contributed by atoms with E-state index in [1.165, 1.54) is 12.1 Å². The topological polar surface area (TPSA) is 94.4 Å². The van der Waals surface area contributed by atoms with Crippen molar-refractivity contribution in [2.75, 3.05) is 18.5 Å². The van der Waals surface area contributed by atoms with Gasteiger partial charge in [-0.05, 0) is 12.5 Å². The largest absolute Gasteiger partial charge is 0.490 e. The number of nitrogens with one attached hydrogen (secondary N) is 1. The number of halogens is 3. The van der Waals surface area contributed by atoms with Gasteiger partial charge in [0.15, 0.2) is 0 Å². The summed E-state index contributed by atoms with van der Waals surface area (Å²) in [7, 11) is 0. The summed E-state index contributed by atoms with van der Waals surface area (Å²) >= 11 is 0. The summed E-state index contributed by atoms with van der Waals surface area (Å²) in [4.78, 5) is 23.8. The minimum atomic E-state index is -4.99. The number of aromatic nitrogens is 1. The Balaban J connectivity index is 2.25. The second kappa shape index (κ2) is 6.68. The highest BCUT2D eigenvalue weighted by Gasteiger charge is 2.40. The van der Waals surface area contributed by atoms with Crippen LogP contribution in [0.15, 0.2) is 18.3 Å². The number of esters is 1. The molecule has 0 saturated heterocycles. The quantitative estimate of drug-likeness (QED) is 0.372. The van der Waals surface area contributed by atoms with E-state index in [0.717, 1.165) is 6.20 Å². The summed E-state index contributed by atoms with van der Waals surface area (Å²) in [6.45, 7) is -0.186. The molecule has 0 fully saturated rings. The van der Waals surface area contributed by atoms with E-state index in [2.05, 4.69) is 15.0 Å². The number of pyridine rings is 1. The Kier molecular flexibility index (Phi) is 5.23. The first-order valence-corrected chi connectivity index (χ1v) is 5.39. The van der Waals surface area contributed by atoms with Gasteiger partial charge in [0.05, 0.1) is 11.5 Å². The van der Waals surface area contributed by atoms with Gasteiger partial charge >= 0.3 is 12.1 Å². The molecule has 20 heavy (non-hydrogen) atoms. The van der Waals surface area contributed by atoms with Crippen molar-refractivity contribution in [2.45, 2.75) is 12.6 Å². The fraction of sp³-hybridized carbons (Fsp3) is 0.400. The van der Waals surface area contributed by atoms with Crippen LogP contribution in [0.25, 0.3) is 0 Å². The number of carbonyl (C=O) groups is 1. The number of rotatable bonds is 6. The number of alkyl halides is 3. The average molecular weight is 293 g/mol. The molecule has 0 atom stereocenters. The molecule has 0 aromatic carbocycles. The van der Waals surface area contributed by atoms with E-state index in [1.54, 1.807) is 0 Å². The summed E-state index contributed by atoms with van der Waals surface area (Å²) < 4.78 is 39.3. The van der Waals surface area contributed by atoms with Gasteiger partial charge in [0.1, 0.15) is 12.0 Å². The van der Waals surface area contributed by atoms with Gasteiger partial charge < -0.3 is 10.1 Å². The molecule has 0 aliphatic heterocycles. The maximum atomic E-state index is 11.8. The maximum absolute atomic E-state index is 11.8. The van der Waals surface area contributed by atoms with Gasteiger partial charge in [-0.1, -0.05) is 0 Å². The summed E-state index contributed by atoms with van der Waals surface area (Å²) in [5, 5.41) is 13.1. The molecule has 0 radical (unpaired) electrons. The van der Waals surface area contributed by atoms with Crippen LogP contribution in [0.1, 0.15) is 6.42 Å². The van der Waals surface area contributed by atoms with Crippen LogP contribution in [-0.2, 0) is 9.53 Å². The predicted molar refractivity (Wildman–Crippen MR) is 61.0 cm³/mol. The molecule has 0 aliphatic carbocycles. The Hall–Kier alpha value is -2.39. The van der Waals surface area contributed by atoms with Crippen molar-refractivity contribution < 1.29 is 27.6 Å². The van der Waals surface area contributed by atoms with E-state index in [1.807, 2.05) is 0 Å². The van der Waals surface area contributed by atoms with Crippen molar-refractivity contribution >= 4 is 17.5 Å². The number of hydrogen-bond donors (Lipinski definition) is 1. The minimum Gasteiger partial charge on any atom is -0.459 e. The third kappa shape index (κ3) is 5.08. The second-order valence-corrected chi connectivity index (χ2v) is 3.57. The van der Waals surface area contributed by atoms with Gasteiger partial charge in [0, 0.05) is 12.6 Å². The number of nitrogens with zero attached hydrogens (tertiary/aromatic N) is 2. The molecule has 10 heteroatoms. The first-order valence-electron chi connectivity index (χ1n) is 5.39. The molecule has 1 rings (SSSR count). The van der Waals surface area contributed by atoms with Crippen LogP contribution in [0, 0.1) is 10.1 Å². The fourth-order valence-electron chi connectivity index (χ4n) is 1.13. The zero-order chi connectivity index (χ0) is 15.2. The molecule has 7 nitrogen and oxygen atoms in total. The van der Waals surface area contributed by atoms with Gasteiger partial charge in [-0.25, -0.2) is 9.78 Å². The first-order chi connectivity index (χ1) is 9.30. The Morgan fingerprint density at radius 3 is 2.65 bits per heavy atom. The Morgan fingerprint density at radius 2 is 2.15 bits per heavy atom. The Bertz CT molecular complexity index is 476. The fourth-order valence-corrected chi connectivity index (χ4v) is 1.13. The highest BCUT2D eigenvalue weighted by molar-refractivity contribution is 5.75. The monoisotopic (exact) mass is 293 g/mol. The van der Waals surface area contributed by atoms with Crippen LogP contribution in [0.5, 0.6) is 0 Å². The van der Waals surface area contributed by atoms with Crippen LogP contribution in [-0.4, -0.2) is 35.2 Å². The zero-order valence-corrected chi connectivity index (χ0v) is 10.0. The van der Waals surface area contributed by atoms with E-state index in [4.69, 9.17) is 0 Å². The van der Waals surface area contributed by atoms with Crippen LogP contribution >= 0.6 is 0 Å². The number of nitro groups is 1. The molecule has 0 spiro atoms. The third-order valence-electron chi connectivity index (χ3n) is 2.05. The summed E-state index contributed by atoms with van der Waals surface area (Å²) in [6.07, 6.45) is -3.81. The van der Waals surface area contributed by atoms with Gasteiger partial charge in [0.25, 0.3) is 5.69 Å². The van der Waals surface area contributed by atoms with Crippen molar-refractivity contribution in [3.8, 4) is 0 Å². The molecule has 0 unspecified atom stereocenters. The highest BCUT2D eigenvalue weighted by Crippen LogP contribution is 2.16. The molecular weight excluding hydrogens is 283 g/mol. The van der Waals surface area contributed by atoms with Crippen LogP contribution in [0.2, 0.25) is 0 Å². The molecule has 110 valence electrons. The van der Waals surface area contributed by atoms with Crippen molar-refractivity contribution in [1.29, 1.82) is 0 Å². The predicted octanol–water partition coefficient (Wildman–Crippen LogP) is 1.90. The molecule has 1 aromatic rings. The zero-order valence-electron chi connectivity index (χ0n) is 10.0. The highest BCUT2D eigenvalue weighted by atomic mass is 19.4. The standard InChI is InChI=1S/C10H10F3N3O4/c11-10(12,13)9(17)20-5-1-4-14-8-3-2-7(6-15-8)16(18)19/h2-3,6H,1,4-5H2,(H,14,15). The number of anilines is 1. The van der Waals surface area contributed by atoms with E-state index < -0.39 is 23.7 Å². The van der Waals surface area contributed by atoms with Crippen molar-refractivity contribution in [3.05, 3.63) is 28.4 Å². The van der Waals surface area contributed by atoms with E-state index in [9.17, 15) is 28.1 Å². The van der Waals surface area contributed by atoms with Crippen molar-refractivity contribution in [1.82, 2.24) is 4.98 Å². The lowest BCUT2D eigenvalue weighted by atomic mass is 10.4. The smallest absolute Gasteiger partial charge is 0.459 e. The van der Waals surface area contributed by atoms with Crippen LogP contribution < -0.4 is 5.32 Å². The first kappa shape index (κ1) is 15.7. The minimum absolute atomic E-state index is 0.139. The lowest BCUT2D eigenvalue weighted by Gasteiger charge is -2.08. The van der Waals surface area contributed by atoms with E-state index in [-0.39, 0.29) is 18.7 Å². The molecule has 1 heterocycles. The molecule has 0 amide bonds. The van der Waals surface area contributed by atoms with Gasteiger partial charge in [-0.15, -0.1) is 0 Å². The number of hydrogen-bond acceptors (Lipinski definition) is 6. The van der Waals surface area contributed by atoms with Crippen molar-refractivity contribution in [2.24, 2.45) is 0 Å². The molecular formula is C10H10F3N3O4. The lowest BCUT2D eigenvalue weighted by Crippen LogP contribution is -2.26. The van der Waals surface area contributed by atoms with Gasteiger partial charge in [-0.3, -0.25) is 10.1 Å². The Morgan fingerprint density at radius 1 is 1.45 bits per heavy atom. The number of carbonyl (C=O) groups excluding carboxylic acids is 1. The normalized spacial score (nSPS) is 10.9. The Labute approximate surface area is 110 Å². The van der Waals surface area contributed by atoms with Gasteiger partial charge in [0.2, 0.25) is 0 Å².